The van der Waals surface area contributed by atoms with E-state index in [1.54, 1.807) is 0 Å². The summed E-state index contributed by atoms with van der Waals surface area (Å²) in [5.41, 5.74) is 4.05. The minimum Gasteiger partial charge on any atom is -0.487 e. The van der Waals surface area contributed by atoms with Gasteiger partial charge in [-0.25, -0.2) is 4.98 Å². The van der Waals surface area contributed by atoms with Crippen LogP contribution in [0.3, 0.4) is 0 Å². The Bertz CT molecular complexity index is 1300. The van der Waals surface area contributed by atoms with E-state index < -0.39 is 5.41 Å². The molecule has 0 radical (unpaired) electrons. The fourth-order valence-electron chi connectivity index (χ4n) is 3.88. The van der Waals surface area contributed by atoms with Crippen LogP contribution < -0.4 is 14.8 Å². The molecular formula is C27H24N2O3. The van der Waals surface area contributed by atoms with Gasteiger partial charge >= 0.3 is 0 Å². The van der Waals surface area contributed by atoms with Crippen molar-refractivity contribution < 1.29 is 14.3 Å². The number of nitrogens with zero attached hydrogens (tertiary/aromatic N) is 1. The molecule has 3 aromatic carbocycles. The molecule has 1 amide bonds. The number of aromatic nitrogens is 1. The molecular weight excluding hydrogens is 400 g/mol. The Labute approximate surface area is 187 Å². The second-order valence-corrected chi connectivity index (χ2v) is 8.47. The number of anilines is 1. The first-order valence-electron chi connectivity index (χ1n) is 10.6. The number of hydrogen-bond acceptors (Lipinski definition) is 4. The summed E-state index contributed by atoms with van der Waals surface area (Å²) >= 11 is 0. The summed E-state index contributed by atoms with van der Waals surface area (Å²) in [5, 5.41) is 4.07. The summed E-state index contributed by atoms with van der Waals surface area (Å²) in [6.07, 6.45) is 0. The second kappa shape index (κ2) is 8.00. The minimum absolute atomic E-state index is 0.00837. The Hall–Kier alpha value is -3.86. The quantitative estimate of drug-likeness (QED) is 0.436. The molecule has 1 aliphatic rings. The first-order chi connectivity index (χ1) is 15.5. The minimum atomic E-state index is -0.548. The van der Waals surface area contributed by atoms with Gasteiger partial charge in [0.15, 0.2) is 0 Å². The van der Waals surface area contributed by atoms with Gasteiger partial charge in [-0.05, 0) is 55.3 Å². The fourth-order valence-corrected chi connectivity index (χ4v) is 3.88. The van der Waals surface area contributed by atoms with Gasteiger partial charge in [0.2, 0.25) is 5.91 Å². The topological polar surface area (TPSA) is 60.5 Å². The van der Waals surface area contributed by atoms with Gasteiger partial charge in [0, 0.05) is 5.39 Å². The molecule has 0 unspecified atom stereocenters. The highest BCUT2D eigenvalue weighted by atomic mass is 16.5. The van der Waals surface area contributed by atoms with Crippen molar-refractivity contribution in [1.82, 2.24) is 4.98 Å². The van der Waals surface area contributed by atoms with Crippen molar-refractivity contribution >= 4 is 22.5 Å². The molecule has 4 aromatic rings. The third-order valence-electron chi connectivity index (χ3n) is 5.87. The molecule has 1 N–H and O–H groups in total. The highest BCUT2D eigenvalue weighted by Gasteiger charge is 2.39. The molecule has 5 heteroatoms. The predicted octanol–water partition coefficient (Wildman–Crippen LogP) is 5.62. The number of nitrogens with one attached hydrogen (secondary N) is 1. The summed E-state index contributed by atoms with van der Waals surface area (Å²) in [7, 11) is 0. The molecule has 0 fully saturated rings. The van der Waals surface area contributed by atoms with E-state index in [1.165, 1.54) is 0 Å². The van der Waals surface area contributed by atoms with Gasteiger partial charge in [0.1, 0.15) is 24.7 Å². The van der Waals surface area contributed by atoms with E-state index in [9.17, 15) is 4.79 Å². The first kappa shape index (κ1) is 20.1. The van der Waals surface area contributed by atoms with E-state index in [0.29, 0.717) is 19.0 Å². The zero-order valence-corrected chi connectivity index (χ0v) is 18.1. The van der Waals surface area contributed by atoms with E-state index in [1.807, 2.05) is 86.6 Å². The number of rotatable bonds is 6. The lowest BCUT2D eigenvalue weighted by atomic mass is 9.86. The highest BCUT2D eigenvalue weighted by Crippen LogP contribution is 2.42. The van der Waals surface area contributed by atoms with Gasteiger partial charge in [-0.15, -0.1) is 0 Å². The predicted molar refractivity (Wildman–Crippen MR) is 125 cm³/mol. The molecule has 160 valence electrons. The van der Waals surface area contributed by atoms with Crippen LogP contribution in [-0.4, -0.2) is 10.9 Å². The Morgan fingerprint density at radius 3 is 2.50 bits per heavy atom. The van der Waals surface area contributed by atoms with E-state index in [0.717, 1.165) is 39.2 Å². The Morgan fingerprint density at radius 2 is 1.66 bits per heavy atom. The van der Waals surface area contributed by atoms with Gasteiger partial charge < -0.3 is 14.8 Å². The normalized spacial score (nSPS) is 14.1. The van der Waals surface area contributed by atoms with Crippen molar-refractivity contribution in [2.24, 2.45) is 0 Å². The Morgan fingerprint density at radius 1 is 0.844 bits per heavy atom. The number of para-hydroxylation sites is 2. The molecule has 0 saturated carbocycles. The number of ether oxygens (including phenoxy) is 2. The van der Waals surface area contributed by atoms with E-state index in [-0.39, 0.29) is 5.91 Å². The van der Waals surface area contributed by atoms with Crippen molar-refractivity contribution in [3.63, 3.8) is 0 Å². The molecule has 32 heavy (non-hydrogen) atoms. The third-order valence-corrected chi connectivity index (χ3v) is 5.87. The SMILES string of the molecule is CC1(C)C(=O)Nc2c(OCc3ccc(OCc4ccc5ccccc5n4)cc3)cccc21. The lowest BCUT2D eigenvalue weighted by molar-refractivity contribution is -0.119. The van der Waals surface area contributed by atoms with Crippen LogP contribution in [0, 0.1) is 0 Å². The van der Waals surface area contributed by atoms with Crippen molar-refractivity contribution in [2.45, 2.75) is 32.5 Å². The maximum absolute atomic E-state index is 12.3. The van der Waals surface area contributed by atoms with E-state index in [2.05, 4.69) is 16.4 Å². The highest BCUT2D eigenvalue weighted by molar-refractivity contribution is 6.07. The van der Waals surface area contributed by atoms with Gasteiger partial charge in [-0.1, -0.05) is 48.5 Å². The van der Waals surface area contributed by atoms with Crippen LogP contribution in [0.2, 0.25) is 0 Å². The summed E-state index contributed by atoms with van der Waals surface area (Å²) < 4.78 is 11.9. The monoisotopic (exact) mass is 424 g/mol. The number of fused-ring (bicyclic) bond motifs is 2. The number of benzene rings is 3. The van der Waals surface area contributed by atoms with Crippen LogP contribution in [0.1, 0.15) is 30.7 Å². The molecule has 5 nitrogen and oxygen atoms in total. The zero-order valence-electron chi connectivity index (χ0n) is 18.1. The zero-order chi connectivity index (χ0) is 22.1. The van der Waals surface area contributed by atoms with Crippen molar-refractivity contribution in [3.8, 4) is 11.5 Å². The Kier molecular flexibility index (Phi) is 5.02. The molecule has 5 rings (SSSR count). The summed E-state index contributed by atoms with van der Waals surface area (Å²) in [5.74, 6) is 1.45. The molecule has 0 atom stereocenters. The molecule has 0 aliphatic carbocycles. The smallest absolute Gasteiger partial charge is 0.234 e. The molecule has 1 aromatic heterocycles. The average Bonchev–Trinajstić information content (AvgIpc) is 3.05. The summed E-state index contributed by atoms with van der Waals surface area (Å²) in [6, 6.07) is 25.7. The third kappa shape index (κ3) is 3.78. The van der Waals surface area contributed by atoms with Crippen LogP contribution in [0.25, 0.3) is 10.9 Å². The standard InChI is InChI=1S/C27H24N2O3/c1-27(2)22-7-5-9-24(25(22)29-26(27)30)32-16-18-10-14-21(15-11-18)31-17-20-13-12-19-6-3-4-8-23(19)28-20/h3-15H,16-17H2,1-2H3,(H,29,30). The van der Waals surface area contributed by atoms with Crippen LogP contribution >= 0.6 is 0 Å². The number of hydrogen-bond donors (Lipinski definition) is 1. The van der Waals surface area contributed by atoms with E-state index in [4.69, 9.17) is 9.47 Å². The summed E-state index contributed by atoms with van der Waals surface area (Å²) in [6.45, 7) is 4.65. The number of amides is 1. The van der Waals surface area contributed by atoms with Crippen molar-refractivity contribution in [2.75, 3.05) is 5.32 Å². The van der Waals surface area contributed by atoms with Gasteiger partial charge in [-0.3, -0.25) is 4.79 Å². The van der Waals surface area contributed by atoms with Crippen molar-refractivity contribution in [3.05, 3.63) is 95.7 Å². The lowest BCUT2D eigenvalue weighted by Gasteiger charge is -2.15. The largest absolute Gasteiger partial charge is 0.487 e. The van der Waals surface area contributed by atoms with Gasteiger partial charge in [0.05, 0.1) is 22.3 Å². The van der Waals surface area contributed by atoms with Gasteiger partial charge in [-0.2, -0.15) is 0 Å². The van der Waals surface area contributed by atoms with E-state index >= 15 is 0 Å². The molecule has 0 spiro atoms. The first-order valence-corrected chi connectivity index (χ1v) is 10.6. The number of pyridine rings is 1. The fraction of sp³-hybridized carbons (Fsp3) is 0.185. The van der Waals surface area contributed by atoms with Crippen LogP contribution in [0.4, 0.5) is 5.69 Å². The molecule has 0 bridgehead atoms. The van der Waals surface area contributed by atoms with Crippen LogP contribution in [0.5, 0.6) is 11.5 Å². The number of carbonyl (C=O) groups is 1. The summed E-state index contributed by atoms with van der Waals surface area (Å²) in [4.78, 5) is 16.9. The average molecular weight is 425 g/mol. The van der Waals surface area contributed by atoms with Crippen LogP contribution in [-0.2, 0) is 23.4 Å². The maximum atomic E-state index is 12.3. The van der Waals surface area contributed by atoms with Gasteiger partial charge in [0.25, 0.3) is 0 Å². The Balaban J connectivity index is 1.21. The molecule has 2 heterocycles. The van der Waals surface area contributed by atoms with Crippen molar-refractivity contribution in [1.29, 1.82) is 0 Å². The molecule has 1 aliphatic heterocycles. The number of carbonyl (C=O) groups excluding carboxylic acids is 1. The van der Waals surface area contributed by atoms with Crippen LogP contribution in [0.15, 0.2) is 78.9 Å². The maximum Gasteiger partial charge on any atom is 0.234 e. The lowest BCUT2D eigenvalue weighted by Crippen LogP contribution is -2.26. The molecule has 0 saturated heterocycles. The second-order valence-electron chi connectivity index (χ2n) is 8.47.